The van der Waals surface area contributed by atoms with Crippen LogP contribution in [0.4, 0.5) is 14.5 Å². The van der Waals surface area contributed by atoms with Crippen LogP contribution in [-0.4, -0.2) is 38.1 Å². The molecule has 4 aromatic rings. The largest absolute Gasteiger partial charge is 0.495 e. The number of benzene rings is 3. The van der Waals surface area contributed by atoms with Gasteiger partial charge >= 0.3 is 6.61 Å². The molecule has 0 aliphatic heterocycles. The Balaban J connectivity index is 1.43. The number of hydrogen-bond donors (Lipinski definition) is 1. The Morgan fingerprint density at radius 1 is 1.06 bits per heavy atom. The molecule has 166 valence electrons. The Kier molecular flexibility index (Phi) is 6.23. The lowest BCUT2D eigenvalue weighted by atomic mass is 10.1. The van der Waals surface area contributed by atoms with Crippen molar-refractivity contribution in [3.05, 3.63) is 66.2 Å². The van der Waals surface area contributed by atoms with Gasteiger partial charge in [0.15, 0.2) is 0 Å². The van der Waals surface area contributed by atoms with E-state index in [0.29, 0.717) is 23.6 Å². The van der Waals surface area contributed by atoms with Crippen molar-refractivity contribution in [2.45, 2.75) is 13.2 Å². The average molecular weight is 440 g/mol. The van der Waals surface area contributed by atoms with Gasteiger partial charge in [0, 0.05) is 23.4 Å². The van der Waals surface area contributed by atoms with Gasteiger partial charge in [0.2, 0.25) is 5.91 Å². The molecule has 32 heavy (non-hydrogen) atoms. The minimum Gasteiger partial charge on any atom is -0.495 e. The van der Waals surface area contributed by atoms with Gasteiger partial charge in [-0.2, -0.15) is 8.78 Å². The number of carbonyl (C=O) groups is 1. The van der Waals surface area contributed by atoms with Crippen LogP contribution < -0.4 is 14.8 Å². The number of furan rings is 1. The van der Waals surface area contributed by atoms with Crippen molar-refractivity contribution in [2.24, 2.45) is 0 Å². The number of fused-ring (bicyclic) bond motifs is 3. The zero-order valence-corrected chi connectivity index (χ0v) is 17.6. The highest BCUT2D eigenvalue weighted by molar-refractivity contribution is 6.07. The number of carbonyl (C=O) groups excluding carboxylic acids is 1. The molecule has 3 aromatic carbocycles. The smallest absolute Gasteiger partial charge is 0.387 e. The summed E-state index contributed by atoms with van der Waals surface area (Å²) in [7, 11) is 3.34. The number of hydrogen-bond acceptors (Lipinski definition) is 5. The van der Waals surface area contributed by atoms with E-state index in [4.69, 9.17) is 9.15 Å². The van der Waals surface area contributed by atoms with Crippen LogP contribution in [-0.2, 0) is 11.3 Å². The molecular weight excluding hydrogens is 418 g/mol. The molecule has 8 heteroatoms. The summed E-state index contributed by atoms with van der Waals surface area (Å²) in [5.41, 5.74) is 2.80. The molecule has 0 radical (unpaired) electrons. The van der Waals surface area contributed by atoms with Gasteiger partial charge < -0.3 is 19.2 Å². The number of amides is 1. The summed E-state index contributed by atoms with van der Waals surface area (Å²) in [6.45, 7) is -2.28. The van der Waals surface area contributed by atoms with Gasteiger partial charge in [-0.1, -0.05) is 30.3 Å². The Bertz CT molecular complexity index is 1240. The number of rotatable bonds is 8. The fourth-order valence-electron chi connectivity index (χ4n) is 3.60. The molecule has 0 saturated carbocycles. The summed E-state index contributed by atoms with van der Waals surface area (Å²) in [4.78, 5) is 14.4. The summed E-state index contributed by atoms with van der Waals surface area (Å²) in [6.07, 6.45) is 0. The van der Waals surface area contributed by atoms with Gasteiger partial charge in [-0.05, 0) is 36.9 Å². The normalized spacial score (nSPS) is 11.4. The van der Waals surface area contributed by atoms with Gasteiger partial charge in [0.25, 0.3) is 0 Å². The van der Waals surface area contributed by atoms with Crippen molar-refractivity contribution in [1.82, 2.24) is 4.90 Å². The maximum absolute atomic E-state index is 12.6. The van der Waals surface area contributed by atoms with Crippen LogP contribution in [0.1, 0.15) is 5.56 Å². The maximum Gasteiger partial charge on any atom is 0.387 e. The molecule has 0 aliphatic carbocycles. The van der Waals surface area contributed by atoms with E-state index >= 15 is 0 Å². The first-order valence-corrected chi connectivity index (χ1v) is 9.94. The summed E-state index contributed by atoms with van der Waals surface area (Å²) in [6, 6.07) is 17.6. The quantitative estimate of drug-likeness (QED) is 0.405. The van der Waals surface area contributed by atoms with Gasteiger partial charge in [-0.25, -0.2) is 0 Å². The maximum atomic E-state index is 12.6. The van der Waals surface area contributed by atoms with E-state index in [1.165, 1.54) is 12.1 Å². The van der Waals surface area contributed by atoms with Crippen LogP contribution in [0.15, 0.2) is 65.1 Å². The number of para-hydroxylation sites is 1. The molecule has 0 fully saturated rings. The monoisotopic (exact) mass is 440 g/mol. The van der Waals surface area contributed by atoms with Crippen molar-refractivity contribution in [1.29, 1.82) is 0 Å². The SMILES string of the molecule is COc1cc2c(cc1NC(=O)CN(C)Cc1ccc(OC(F)F)cc1)oc1ccccc12. The van der Waals surface area contributed by atoms with Crippen LogP contribution in [0.25, 0.3) is 21.9 Å². The highest BCUT2D eigenvalue weighted by Crippen LogP contribution is 2.36. The number of nitrogens with one attached hydrogen (secondary N) is 1. The molecule has 0 saturated heterocycles. The fourth-order valence-corrected chi connectivity index (χ4v) is 3.60. The lowest BCUT2D eigenvalue weighted by Gasteiger charge is -2.17. The first kappa shape index (κ1) is 21.6. The zero-order chi connectivity index (χ0) is 22.7. The molecule has 6 nitrogen and oxygen atoms in total. The van der Waals surface area contributed by atoms with E-state index in [9.17, 15) is 13.6 Å². The number of anilines is 1. The van der Waals surface area contributed by atoms with Crippen LogP contribution >= 0.6 is 0 Å². The third-order valence-electron chi connectivity index (χ3n) is 4.99. The van der Waals surface area contributed by atoms with Crippen LogP contribution in [0.2, 0.25) is 0 Å². The highest BCUT2D eigenvalue weighted by Gasteiger charge is 2.15. The first-order chi connectivity index (χ1) is 15.4. The minimum absolute atomic E-state index is 0.0946. The predicted octanol–water partition coefficient (Wildman–Crippen LogP) is 5.27. The summed E-state index contributed by atoms with van der Waals surface area (Å²) in [5, 5.41) is 4.76. The van der Waals surface area contributed by atoms with E-state index in [1.54, 1.807) is 32.4 Å². The van der Waals surface area contributed by atoms with Gasteiger partial charge in [-0.3, -0.25) is 9.69 Å². The Hall–Kier alpha value is -3.65. The second kappa shape index (κ2) is 9.23. The lowest BCUT2D eigenvalue weighted by Crippen LogP contribution is -2.29. The Labute approximate surface area is 183 Å². The molecule has 0 aliphatic rings. The zero-order valence-electron chi connectivity index (χ0n) is 17.6. The second-order valence-electron chi connectivity index (χ2n) is 7.39. The van der Waals surface area contributed by atoms with E-state index < -0.39 is 6.61 Å². The topological polar surface area (TPSA) is 63.9 Å². The molecule has 1 amide bonds. The third kappa shape index (κ3) is 4.81. The number of ether oxygens (including phenoxy) is 2. The standard InChI is InChI=1S/C24H22F2N2O4/c1-28(13-15-7-9-16(10-8-15)31-24(25)26)14-23(29)27-19-12-21-18(11-22(19)30-2)17-5-3-4-6-20(17)32-21/h3-12,24H,13-14H2,1-2H3,(H,27,29). The Morgan fingerprint density at radius 2 is 1.81 bits per heavy atom. The molecule has 0 spiro atoms. The number of halogens is 2. The number of likely N-dealkylation sites (N-methyl/N-ethyl adjacent to an activating group) is 1. The average Bonchev–Trinajstić information content (AvgIpc) is 3.11. The van der Waals surface area contributed by atoms with Gasteiger partial charge in [0.05, 0.1) is 19.3 Å². The van der Waals surface area contributed by atoms with Crippen molar-refractivity contribution >= 4 is 33.5 Å². The molecule has 4 rings (SSSR count). The fraction of sp³-hybridized carbons (Fsp3) is 0.208. The first-order valence-electron chi connectivity index (χ1n) is 9.94. The number of alkyl halides is 2. The summed E-state index contributed by atoms with van der Waals surface area (Å²) < 4.78 is 40.2. The van der Waals surface area contributed by atoms with Gasteiger partial charge in [-0.15, -0.1) is 0 Å². The van der Waals surface area contributed by atoms with Gasteiger partial charge in [0.1, 0.15) is 22.7 Å². The van der Waals surface area contributed by atoms with Crippen molar-refractivity contribution in [3.63, 3.8) is 0 Å². The molecular formula is C24H22F2N2O4. The molecule has 0 bridgehead atoms. The summed E-state index contributed by atoms with van der Waals surface area (Å²) >= 11 is 0. The summed E-state index contributed by atoms with van der Waals surface area (Å²) in [5.74, 6) is 0.408. The minimum atomic E-state index is -2.86. The molecule has 0 unspecified atom stereocenters. The van der Waals surface area contributed by atoms with Crippen molar-refractivity contribution in [3.8, 4) is 11.5 Å². The highest BCUT2D eigenvalue weighted by atomic mass is 19.3. The molecule has 0 atom stereocenters. The van der Waals surface area contributed by atoms with E-state index in [-0.39, 0.29) is 18.2 Å². The Morgan fingerprint density at radius 3 is 2.53 bits per heavy atom. The second-order valence-corrected chi connectivity index (χ2v) is 7.39. The molecule has 1 heterocycles. The van der Waals surface area contributed by atoms with E-state index in [1.807, 2.05) is 35.2 Å². The van der Waals surface area contributed by atoms with Crippen molar-refractivity contribution < 1.29 is 27.5 Å². The van der Waals surface area contributed by atoms with Crippen LogP contribution in [0, 0.1) is 0 Å². The van der Waals surface area contributed by atoms with Crippen LogP contribution in [0.5, 0.6) is 11.5 Å². The number of nitrogens with zero attached hydrogens (tertiary/aromatic N) is 1. The predicted molar refractivity (Wildman–Crippen MR) is 118 cm³/mol. The molecule has 1 N–H and O–H groups in total. The van der Waals surface area contributed by atoms with Crippen LogP contribution in [0.3, 0.4) is 0 Å². The van der Waals surface area contributed by atoms with E-state index in [2.05, 4.69) is 10.1 Å². The third-order valence-corrected chi connectivity index (χ3v) is 4.99. The molecule has 1 aromatic heterocycles. The number of methoxy groups -OCH3 is 1. The van der Waals surface area contributed by atoms with E-state index in [0.717, 1.165) is 21.9 Å². The lowest BCUT2D eigenvalue weighted by molar-refractivity contribution is -0.117. The van der Waals surface area contributed by atoms with Crippen molar-refractivity contribution in [2.75, 3.05) is 26.0 Å².